The van der Waals surface area contributed by atoms with E-state index in [1.807, 2.05) is 41.3 Å². The molecule has 1 N–H and O–H groups in total. The third-order valence-corrected chi connectivity index (χ3v) is 5.53. The van der Waals surface area contributed by atoms with Crippen LogP contribution in [0.2, 0.25) is 10.0 Å². The standard InChI is InChI=1S/C22H21Cl2N3O2/c23-16-5-3-15(4-6-16)22-19-14-27(12-11-20(19)25-26-22)21(28)2-1-13-29-18-9-7-17(24)8-10-18/h3-10H,1-2,11-14H2,(H,25,26). The molecule has 5 nitrogen and oxygen atoms in total. The predicted octanol–water partition coefficient (Wildman–Crippen LogP) is 5.13. The quantitative estimate of drug-likeness (QED) is 0.552. The number of aromatic nitrogens is 2. The molecule has 0 bridgehead atoms. The zero-order valence-electron chi connectivity index (χ0n) is 15.8. The van der Waals surface area contributed by atoms with E-state index in [2.05, 4.69) is 10.2 Å². The van der Waals surface area contributed by atoms with Gasteiger partial charge in [-0.2, -0.15) is 5.10 Å². The van der Waals surface area contributed by atoms with E-state index < -0.39 is 0 Å². The molecule has 0 atom stereocenters. The summed E-state index contributed by atoms with van der Waals surface area (Å²) in [7, 11) is 0. The maximum absolute atomic E-state index is 12.7. The van der Waals surface area contributed by atoms with Gasteiger partial charge in [-0.25, -0.2) is 0 Å². The van der Waals surface area contributed by atoms with E-state index in [9.17, 15) is 4.79 Å². The number of nitrogens with zero attached hydrogens (tertiary/aromatic N) is 2. The van der Waals surface area contributed by atoms with Crippen molar-refractivity contribution >= 4 is 29.1 Å². The highest BCUT2D eigenvalue weighted by atomic mass is 35.5. The Bertz CT molecular complexity index is 984. The molecule has 7 heteroatoms. The molecule has 1 aromatic heterocycles. The third kappa shape index (κ3) is 4.74. The Hall–Kier alpha value is -2.50. The Kier molecular flexibility index (Phi) is 6.07. The summed E-state index contributed by atoms with van der Waals surface area (Å²) >= 11 is 11.9. The van der Waals surface area contributed by atoms with Crippen molar-refractivity contribution in [1.82, 2.24) is 15.1 Å². The topological polar surface area (TPSA) is 58.2 Å². The number of carbonyl (C=O) groups excluding carboxylic acids is 1. The smallest absolute Gasteiger partial charge is 0.223 e. The first-order valence-electron chi connectivity index (χ1n) is 9.58. The van der Waals surface area contributed by atoms with E-state index >= 15 is 0 Å². The van der Waals surface area contributed by atoms with Gasteiger partial charge in [0.1, 0.15) is 5.75 Å². The lowest BCUT2D eigenvalue weighted by Crippen LogP contribution is -2.36. The number of aromatic amines is 1. The van der Waals surface area contributed by atoms with Gasteiger partial charge in [0.2, 0.25) is 5.91 Å². The monoisotopic (exact) mass is 429 g/mol. The highest BCUT2D eigenvalue weighted by Crippen LogP contribution is 2.29. The number of H-pyrrole nitrogens is 1. The summed E-state index contributed by atoms with van der Waals surface area (Å²) in [4.78, 5) is 14.6. The summed E-state index contributed by atoms with van der Waals surface area (Å²) in [6.45, 7) is 1.76. The van der Waals surface area contributed by atoms with Crippen LogP contribution in [-0.4, -0.2) is 34.2 Å². The maximum Gasteiger partial charge on any atom is 0.223 e. The fraction of sp³-hybridized carbons (Fsp3) is 0.273. The van der Waals surface area contributed by atoms with Gasteiger partial charge < -0.3 is 9.64 Å². The van der Waals surface area contributed by atoms with Crippen LogP contribution in [0.1, 0.15) is 24.1 Å². The van der Waals surface area contributed by atoms with E-state index in [0.29, 0.717) is 42.6 Å². The fourth-order valence-electron chi connectivity index (χ4n) is 3.46. The van der Waals surface area contributed by atoms with Crippen molar-refractivity contribution in [1.29, 1.82) is 0 Å². The van der Waals surface area contributed by atoms with Gasteiger partial charge in [0.05, 0.1) is 12.3 Å². The second-order valence-electron chi connectivity index (χ2n) is 7.01. The summed E-state index contributed by atoms with van der Waals surface area (Å²) in [5.41, 5.74) is 4.08. The number of hydrogen-bond acceptors (Lipinski definition) is 3. The first-order chi connectivity index (χ1) is 14.1. The number of carbonyl (C=O) groups is 1. The fourth-order valence-corrected chi connectivity index (χ4v) is 3.71. The summed E-state index contributed by atoms with van der Waals surface area (Å²) in [6, 6.07) is 14.8. The molecule has 0 aliphatic carbocycles. The predicted molar refractivity (Wildman–Crippen MR) is 114 cm³/mol. The van der Waals surface area contributed by atoms with Crippen LogP contribution < -0.4 is 4.74 Å². The SMILES string of the molecule is O=C(CCCOc1ccc(Cl)cc1)N1CCc2[nH]nc(-c3ccc(Cl)cc3)c2C1. The lowest BCUT2D eigenvalue weighted by Gasteiger charge is -2.27. The average molecular weight is 430 g/mol. The molecule has 1 amide bonds. The van der Waals surface area contributed by atoms with Crippen LogP contribution in [0, 0.1) is 0 Å². The lowest BCUT2D eigenvalue weighted by molar-refractivity contribution is -0.132. The molecule has 4 rings (SSSR count). The Morgan fingerprint density at radius 3 is 2.48 bits per heavy atom. The Labute approximate surface area is 179 Å². The van der Waals surface area contributed by atoms with E-state index in [1.54, 1.807) is 12.1 Å². The normalized spacial score (nSPS) is 13.2. The molecule has 1 aliphatic rings. The molecule has 0 fully saturated rings. The second kappa shape index (κ2) is 8.89. The van der Waals surface area contributed by atoms with Crippen molar-refractivity contribution in [2.24, 2.45) is 0 Å². The number of benzene rings is 2. The minimum absolute atomic E-state index is 0.138. The third-order valence-electron chi connectivity index (χ3n) is 5.02. The first-order valence-corrected chi connectivity index (χ1v) is 10.3. The minimum atomic E-state index is 0.138. The molecule has 0 saturated carbocycles. The number of fused-ring (bicyclic) bond motifs is 1. The highest BCUT2D eigenvalue weighted by molar-refractivity contribution is 6.30. The molecule has 2 heterocycles. The number of amides is 1. The Balaban J connectivity index is 1.33. The largest absolute Gasteiger partial charge is 0.494 e. The number of rotatable bonds is 6. The van der Waals surface area contributed by atoms with Gasteiger partial charge in [-0.05, 0) is 42.8 Å². The number of hydrogen-bond donors (Lipinski definition) is 1. The van der Waals surface area contributed by atoms with Gasteiger partial charge >= 0.3 is 0 Å². The summed E-state index contributed by atoms with van der Waals surface area (Å²) in [5, 5.41) is 8.96. The van der Waals surface area contributed by atoms with Gasteiger partial charge in [-0.3, -0.25) is 9.89 Å². The number of halogens is 2. The average Bonchev–Trinajstić information content (AvgIpc) is 3.16. The van der Waals surface area contributed by atoms with Gasteiger partial charge in [-0.1, -0.05) is 35.3 Å². The molecule has 29 heavy (non-hydrogen) atoms. The molecule has 0 spiro atoms. The van der Waals surface area contributed by atoms with Crippen molar-refractivity contribution < 1.29 is 9.53 Å². The van der Waals surface area contributed by atoms with Gasteiger partial charge in [0, 0.05) is 52.8 Å². The first kappa shape index (κ1) is 19.8. The summed E-state index contributed by atoms with van der Waals surface area (Å²) < 4.78 is 5.67. The van der Waals surface area contributed by atoms with Crippen molar-refractivity contribution in [3.05, 3.63) is 69.8 Å². The van der Waals surface area contributed by atoms with Gasteiger partial charge in [-0.15, -0.1) is 0 Å². The molecule has 3 aromatic rings. The van der Waals surface area contributed by atoms with Crippen molar-refractivity contribution in [2.75, 3.05) is 13.2 Å². The van der Waals surface area contributed by atoms with Crippen LogP contribution in [-0.2, 0) is 17.8 Å². The molecule has 150 valence electrons. The van der Waals surface area contributed by atoms with E-state index in [1.165, 1.54) is 0 Å². The number of nitrogens with one attached hydrogen (secondary N) is 1. The summed E-state index contributed by atoms with van der Waals surface area (Å²) in [5.74, 6) is 0.897. The van der Waals surface area contributed by atoms with E-state index in [0.717, 1.165) is 34.7 Å². The van der Waals surface area contributed by atoms with Crippen molar-refractivity contribution in [3.63, 3.8) is 0 Å². The maximum atomic E-state index is 12.7. The number of ether oxygens (including phenoxy) is 1. The molecule has 1 aliphatic heterocycles. The van der Waals surface area contributed by atoms with Crippen LogP contribution in [0.25, 0.3) is 11.3 Å². The van der Waals surface area contributed by atoms with Crippen LogP contribution in [0.5, 0.6) is 5.75 Å². The molecule has 0 radical (unpaired) electrons. The molecular formula is C22H21Cl2N3O2. The van der Waals surface area contributed by atoms with Gasteiger partial charge in [0.25, 0.3) is 0 Å². The molecule has 2 aromatic carbocycles. The van der Waals surface area contributed by atoms with Gasteiger partial charge in [0.15, 0.2) is 0 Å². The zero-order valence-corrected chi connectivity index (χ0v) is 17.3. The van der Waals surface area contributed by atoms with Crippen LogP contribution in [0.4, 0.5) is 0 Å². The Morgan fingerprint density at radius 1 is 1.07 bits per heavy atom. The van der Waals surface area contributed by atoms with Crippen molar-refractivity contribution in [3.8, 4) is 17.0 Å². The minimum Gasteiger partial charge on any atom is -0.494 e. The molecule has 0 saturated heterocycles. The molecule has 0 unspecified atom stereocenters. The highest BCUT2D eigenvalue weighted by Gasteiger charge is 2.25. The second-order valence-corrected chi connectivity index (χ2v) is 7.88. The lowest BCUT2D eigenvalue weighted by atomic mass is 10.0. The van der Waals surface area contributed by atoms with Crippen LogP contribution in [0.3, 0.4) is 0 Å². The van der Waals surface area contributed by atoms with E-state index in [-0.39, 0.29) is 5.91 Å². The zero-order chi connectivity index (χ0) is 20.2. The molecular weight excluding hydrogens is 409 g/mol. The van der Waals surface area contributed by atoms with Crippen LogP contribution >= 0.6 is 23.2 Å². The summed E-state index contributed by atoms with van der Waals surface area (Å²) in [6.07, 6.45) is 1.90. The Morgan fingerprint density at radius 2 is 1.76 bits per heavy atom. The van der Waals surface area contributed by atoms with Crippen LogP contribution in [0.15, 0.2) is 48.5 Å². The van der Waals surface area contributed by atoms with Crippen molar-refractivity contribution in [2.45, 2.75) is 25.8 Å². The van der Waals surface area contributed by atoms with E-state index in [4.69, 9.17) is 27.9 Å².